The Hall–Kier alpha value is -2.83. The topological polar surface area (TPSA) is 75.9 Å². The van der Waals surface area contributed by atoms with Crippen molar-refractivity contribution < 1.29 is 0 Å². The number of aromatic nitrogens is 4. The molecule has 0 spiro atoms. The number of anilines is 1. The summed E-state index contributed by atoms with van der Waals surface area (Å²) >= 11 is 0. The largest absolute Gasteiger partial charge is 0.342 e. The first kappa shape index (κ1) is 15.7. The molecule has 7 heteroatoms. The second-order valence-electron chi connectivity index (χ2n) is 6.48. The van der Waals surface area contributed by atoms with Gasteiger partial charge in [0.1, 0.15) is 0 Å². The number of benzene rings is 1. The summed E-state index contributed by atoms with van der Waals surface area (Å²) in [6.07, 6.45) is 4.65. The van der Waals surface area contributed by atoms with E-state index in [-0.39, 0.29) is 5.56 Å². The average molecular weight is 339 g/mol. The van der Waals surface area contributed by atoms with Gasteiger partial charge in [0.05, 0.1) is 5.69 Å². The molecule has 3 heterocycles. The summed E-state index contributed by atoms with van der Waals surface area (Å²) in [6.45, 7) is 1.82. The van der Waals surface area contributed by atoms with Crippen molar-refractivity contribution in [2.75, 3.05) is 18.0 Å². The Kier molecular flexibility index (Phi) is 3.91. The van der Waals surface area contributed by atoms with Crippen LogP contribution in [0.4, 0.5) is 5.95 Å². The Morgan fingerprint density at radius 2 is 1.68 bits per heavy atom. The van der Waals surface area contributed by atoms with Crippen LogP contribution in [-0.2, 0) is 7.05 Å². The van der Waals surface area contributed by atoms with Crippen LogP contribution in [0.15, 0.2) is 39.9 Å². The summed E-state index contributed by atoms with van der Waals surface area (Å²) in [5.41, 5.74) is 0.712. The van der Waals surface area contributed by atoms with E-state index >= 15 is 0 Å². The molecule has 1 fully saturated rings. The Morgan fingerprint density at radius 1 is 1.00 bits per heavy atom. The molecule has 7 nitrogen and oxygen atoms in total. The Balaban J connectivity index is 1.96. The zero-order valence-electron chi connectivity index (χ0n) is 14.2. The van der Waals surface area contributed by atoms with Crippen LogP contribution in [0.5, 0.6) is 0 Å². The first-order valence-electron chi connectivity index (χ1n) is 8.69. The molecule has 1 saturated heterocycles. The summed E-state index contributed by atoms with van der Waals surface area (Å²) in [4.78, 5) is 35.2. The van der Waals surface area contributed by atoms with E-state index in [4.69, 9.17) is 0 Å². The van der Waals surface area contributed by atoms with Crippen LogP contribution in [0.1, 0.15) is 25.7 Å². The highest BCUT2D eigenvalue weighted by molar-refractivity contribution is 5.75. The minimum absolute atomic E-state index is 0.347. The molecule has 0 amide bonds. The highest BCUT2D eigenvalue weighted by Crippen LogP contribution is 2.20. The van der Waals surface area contributed by atoms with Gasteiger partial charge < -0.3 is 9.88 Å². The summed E-state index contributed by atoms with van der Waals surface area (Å²) in [6, 6.07) is 9.29. The number of nitrogens with zero attached hydrogens (tertiary/aromatic N) is 4. The van der Waals surface area contributed by atoms with E-state index in [0.717, 1.165) is 30.5 Å². The van der Waals surface area contributed by atoms with Crippen molar-refractivity contribution in [3.63, 3.8) is 0 Å². The number of imidazole rings is 1. The number of aromatic amines is 1. The highest BCUT2D eigenvalue weighted by Gasteiger charge is 2.20. The summed E-state index contributed by atoms with van der Waals surface area (Å²) in [7, 11) is 1.50. The molecule has 0 unspecified atom stereocenters. The van der Waals surface area contributed by atoms with Gasteiger partial charge in [-0.25, -0.2) is 9.36 Å². The first-order valence-corrected chi connectivity index (χ1v) is 8.69. The average Bonchev–Trinajstić information content (AvgIpc) is 2.89. The maximum atomic E-state index is 12.7. The number of H-pyrrole nitrogens is 1. The fourth-order valence-electron chi connectivity index (χ4n) is 3.40. The Labute approximate surface area is 144 Å². The number of rotatable bonds is 2. The van der Waals surface area contributed by atoms with Crippen LogP contribution in [0.25, 0.3) is 16.9 Å². The number of nitrogens with one attached hydrogen (secondary N) is 1. The molecule has 2 aromatic heterocycles. The normalized spacial score (nSPS) is 15.5. The van der Waals surface area contributed by atoms with E-state index in [0.29, 0.717) is 22.8 Å². The predicted molar refractivity (Wildman–Crippen MR) is 97.6 cm³/mol. The van der Waals surface area contributed by atoms with Crippen molar-refractivity contribution in [3.05, 3.63) is 51.2 Å². The molecule has 1 aliphatic heterocycles. The van der Waals surface area contributed by atoms with E-state index in [1.807, 2.05) is 30.3 Å². The highest BCUT2D eigenvalue weighted by atomic mass is 16.2. The van der Waals surface area contributed by atoms with Crippen molar-refractivity contribution >= 4 is 17.1 Å². The van der Waals surface area contributed by atoms with Gasteiger partial charge in [0.2, 0.25) is 5.95 Å². The lowest BCUT2D eigenvalue weighted by atomic mass is 10.2. The van der Waals surface area contributed by atoms with Gasteiger partial charge in [-0.2, -0.15) is 4.98 Å². The molecule has 1 N–H and O–H groups in total. The lowest BCUT2D eigenvalue weighted by Crippen LogP contribution is -2.37. The van der Waals surface area contributed by atoms with Crippen molar-refractivity contribution in [1.29, 1.82) is 0 Å². The Bertz CT molecular complexity index is 1010. The van der Waals surface area contributed by atoms with Gasteiger partial charge in [-0.1, -0.05) is 31.0 Å². The third kappa shape index (κ3) is 2.65. The van der Waals surface area contributed by atoms with Gasteiger partial charge in [0.15, 0.2) is 11.2 Å². The van der Waals surface area contributed by atoms with Crippen LogP contribution in [-0.4, -0.2) is 32.2 Å². The van der Waals surface area contributed by atoms with Crippen LogP contribution >= 0.6 is 0 Å². The summed E-state index contributed by atoms with van der Waals surface area (Å²) < 4.78 is 2.62. The van der Waals surface area contributed by atoms with Crippen LogP contribution in [0.3, 0.4) is 0 Å². The first-order chi connectivity index (χ1) is 12.2. The third-order valence-corrected chi connectivity index (χ3v) is 4.80. The minimum Gasteiger partial charge on any atom is -0.342 e. The van der Waals surface area contributed by atoms with Gasteiger partial charge in [0, 0.05) is 20.1 Å². The second kappa shape index (κ2) is 6.23. The van der Waals surface area contributed by atoms with Gasteiger partial charge in [-0.05, 0) is 25.0 Å². The van der Waals surface area contributed by atoms with Gasteiger partial charge in [0.25, 0.3) is 5.56 Å². The zero-order valence-corrected chi connectivity index (χ0v) is 14.2. The second-order valence-corrected chi connectivity index (χ2v) is 6.48. The molecular formula is C18H21N5O2. The smallest absolute Gasteiger partial charge is 0.337 e. The van der Waals surface area contributed by atoms with E-state index in [9.17, 15) is 9.59 Å². The number of hydrogen-bond acceptors (Lipinski definition) is 4. The molecule has 3 aromatic rings. The van der Waals surface area contributed by atoms with Crippen LogP contribution < -0.4 is 16.1 Å². The van der Waals surface area contributed by atoms with Crippen molar-refractivity contribution in [1.82, 2.24) is 19.1 Å². The molecule has 0 bridgehead atoms. The van der Waals surface area contributed by atoms with Gasteiger partial charge >= 0.3 is 5.69 Å². The molecule has 0 saturated carbocycles. The quantitative estimate of drug-likeness (QED) is 0.772. The number of hydrogen-bond donors (Lipinski definition) is 1. The zero-order chi connectivity index (χ0) is 17.4. The summed E-state index contributed by atoms with van der Waals surface area (Å²) in [5, 5.41) is 0. The van der Waals surface area contributed by atoms with Crippen molar-refractivity contribution in [2.45, 2.75) is 25.7 Å². The lowest BCUT2D eigenvalue weighted by molar-refractivity contribution is 0.726. The summed E-state index contributed by atoms with van der Waals surface area (Å²) in [5.74, 6) is 0.671. The van der Waals surface area contributed by atoms with Crippen molar-refractivity contribution in [3.8, 4) is 5.69 Å². The Morgan fingerprint density at radius 3 is 2.36 bits per heavy atom. The molecule has 4 rings (SSSR count). The minimum atomic E-state index is -0.391. The molecule has 0 radical (unpaired) electrons. The standard InChI is InChI=1S/C18H21N5O2/c1-21-16(24)14-15(23(18(21)25)13-9-5-4-6-10-13)20-17(19-14)22-11-7-2-3-8-12-22/h4-6,9-10H,2-3,7-8,11-12H2,1H3,(H,19,20). The maximum Gasteiger partial charge on any atom is 0.337 e. The molecular weight excluding hydrogens is 318 g/mol. The van der Waals surface area contributed by atoms with E-state index in [1.165, 1.54) is 24.5 Å². The predicted octanol–water partition coefficient (Wildman–Crippen LogP) is 1.79. The fourth-order valence-corrected chi connectivity index (χ4v) is 3.40. The van der Waals surface area contributed by atoms with E-state index in [1.54, 1.807) is 0 Å². The monoisotopic (exact) mass is 339 g/mol. The molecule has 130 valence electrons. The number of fused-ring (bicyclic) bond motifs is 1. The van der Waals surface area contributed by atoms with Crippen LogP contribution in [0, 0.1) is 0 Å². The molecule has 0 atom stereocenters. The molecule has 1 aliphatic rings. The number of para-hydroxylation sites is 1. The van der Waals surface area contributed by atoms with Crippen molar-refractivity contribution in [2.24, 2.45) is 7.05 Å². The molecule has 0 aliphatic carbocycles. The SMILES string of the molecule is Cn1c(=O)c2[nH]c(N3CCCCCC3)nc2n(-c2ccccc2)c1=O. The van der Waals surface area contributed by atoms with Gasteiger partial charge in [-0.3, -0.25) is 9.36 Å². The molecule has 1 aromatic carbocycles. The van der Waals surface area contributed by atoms with Gasteiger partial charge in [-0.15, -0.1) is 0 Å². The fraction of sp³-hybridized carbons (Fsp3) is 0.389. The van der Waals surface area contributed by atoms with Crippen LogP contribution in [0.2, 0.25) is 0 Å². The van der Waals surface area contributed by atoms with E-state index in [2.05, 4.69) is 14.9 Å². The third-order valence-electron chi connectivity index (χ3n) is 4.80. The maximum absolute atomic E-state index is 12.7. The lowest BCUT2D eigenvalue weighted by Gasteiger charge is -2.18. The molecule has 25 heavy (non-hydrogen) atoms. The van der Waals surface area contributed by atoms with E-state index < -0.39 is 5.69 Å².